The van der Waals surface area contributed by atoms with E-state index in [2.05, 4.69) is 10.1 Å². The molecule has 1 aromatic heterocycles. The second kappa shape index (κ2) is 3.18. The minimum absolute atomic E-state index is 0.154. The molecule has 0 atom stereocenters. The molecule has 0 aliphatic heterocycles. The summed E-state index contributed by atoms with van der Waals surface area (Å²) in [4.78, 5) is 3.79. The molecule has 14 heavy (non-hydrogen) atoms. The van der Waals surface area contributed by atoms with Gasteiger partial charge in [-0.15, -0.1) is 5.10 Å². The van der Waals surface area contributed by atoms with Gasteiger partial charge in [-0.05, 0) is 24.3 Å². The second-order valence-electron chi connectivity index (χ2n) is 2.72. The van der Waals surface area contributed by atoms with Gasteiger partial charge in [0.2, 0.25) is 0 Å². The molecule has 0 unspecified atom stereocenters. The average molecular weight is 185 g/mol. The van der Waals surface area contributed by atoms with Crippen LogP contribution in [0.2, 0.25) is 0 Å². The molecule has 0 bridgehead atoms. The average Bonchev–Trinajstić information content (AvgIpc) is 2.67. The number of aromatic nitrogens is 3. The molecular weight excluding hydrogens is 178 g/mol. The van der Waals surface area contributed by atoms with Crippen LogP contribution >= 0.6 is 0 Å². The van der Waals surface area contributed by atoms with E-state index in [0.29, 0.717) is 5.69 Å². The van der Waals surface area contributed by atoms with Crippen LogP contribution in [0.5, 0.6) is 0 Å². The zero-order valence-electron chi connectivity index (χ0n) is 7.25. The van der Waals surface area contributed by atoms with Gasteiger partial charge in [-0.2, -0.15) is 5.26 Å². The minimum atomic E-state index is 0.154. The number of nitriles is 1. The molecule has 0 saturated carbocycles. The lowest BCUT2D eigenvalue weighted by Crippen LogP contribution is -1.95. The third-order valence-corrected chi connectivity index (χ3v) is 1.75. The Morgan fingerprint density at radius 2 is 2.00 bits per heavy atom. The first-order chi connectivity index (χ1) is 6.79. The van der Waals surface area contributed by atoms with Crippen LogP contribution < -0.4 is 5.73 Å². The van der Waals surface area contributed by atoms with Gasteiger partial charge < -0.3 is 5.73 Å². The maximum absolute atomic E-state index is 8.53. The van der Waals surface area contributed by atoms with Crippen LogP contribution in [0.3, 0.4) is 0 Å². The Morgan fingerprint density at radius 3 is 2.57 bits per heavy atom. The molecule has 68 valence electrons. The summed E-state index contributed by atoms with van der Waals surface area (Å²) in [6.07, 6.45) is 1.49. The van der Waals surface area contributed by atoms with Crippen molar-refractivity contribution in [1.29, 1.82) is 5.26 Å². The van der Waals surface area contributed by atoms with Gasteiger partial charge in [0.05, 0.1) is 5.69 Å². The van der Waals surface area contributed by atoms with Crippen LogP contribution in [0.25, 0.3) is 5.69 Å². The maximum Gasteiger partial charge on any atom is 0.252 e. The molecule has 1 heterocycles. The molecule has 5 nitrogen and oxygen atoms in total. The lowest BCUT2D eigenvalue weighted by molar-refractivity contribution is 0.873. The monoisotopic (exact) mass is 185 g/mol. The molecule has 2 N–H and O–H groups in total. The van der Waals surface area contributed by atoms with Crippen molar-refractivity contribution in [2.24, 2.45) is 0 Å². The lowest BCUT2D eigenvalue weighted by atomic mass is 10.3. The van der Waals surface area contributed by atoms with Gasteiger partial charge >= 0.3 is 0 Å². The zero-order chi connectivity index (χ0) is 9.97. The number of hydrogen-bond acceptors (Lipinski definition) is 4. The quantitative estimate of drug-likeness (QED) is 0.664. The molecule has 0 spiro atoms. The lowest BCUT2D eigenvalue weighted by Gasteiger charge is -1.99. The number of benzene rings is 1. The van der Waals surface area contributed by atoms with E-state index in [1.54, 1.807) is 12.1 Å². The highest BCUT2D eigenvalue weighted by molar-refractivity contribution is 5.44. The summed E-state index contributed by atoms with van der Waals surface area (Å²) in [6.45, 7) is 0. The normalized spacial score (nSPS) is 9.64. The minimum Gasteiger partial charge on any atom is -0.399 e. The Bertz CT molecular complexity index is 477. The van der Waals surface area contributed by atoms with Crippen LogP contribution in [0.15, 0.2) is 30.6 Å². The highest BCUT2D eigenvalue weighted by atomic mass is 15.3. The molecule has 1 aromatic carbocycles. The summed E-state index contributed by atoms with van der Waals surface area (Å²) in [5.41, 5.74) is 7.05. The van der Waals surface area contributed by atoms with Gasteiger partial charge in [-0.1, -0.05) is 0 Å². The van der Waals surface area contributed by atoms with Crippen molar-refractivity contribution in [2.75, 3.05) is 5.73 Å². The van der Waals surface area contributed by atoms with Gasteiger partial charge in [0.1, 0.15) is 12.4 Å². The van der Waals surface area contributed by atoms with Gasteiger partial charge in [-0.3, -0.25) is 0 Å². The summed E-state index contributed by atoms with van der Waals surface area (Å²) in [5.74, 6) is 0.154. The standard InChI is InChI=1S/C9H7N5/c10-5-9-12-6-14(13-9)8-3-1-7(11)2-4-8/h1-4,6H,11H2. The molecule has 0 fully saturated rings. The van der Waals surface area contributed by atoms with Crippen molar-refractivity contribution < 1.29 is 0 Å². The SMILES string of the molecule is N#Cc1ncn(-c2ccc(N)cc2)n1. The highest BCUT2D eigenvalue weighted by Crippen LogP contribution is 2.08. The Morgan fingerprint density at radius 1 is 1.29 bits per heavy atom. The summed E-state index contributed by atoms with van der Waals surface area (Å²) >= 11 is 0. The van der Waals surface area contributed by atoms with Crippen molar-refractivity contribution in [3.63, 3.8) is 0 Å². The Kier molecular flexibility index (Phi) is 1.88. The third-order valence-electron chi connectivity index (χ3n) is 1.75. The van der Waals surface area contributed by atoms with E-state index in [1.807, 2.05) is 18.2 Å². The first-order valence-corrected chi connectivity index (χ1v) is 3.97. The van der Waals surface area contributed by atoms with Crippen LogP contribution in [-0.2, 0) is 0 Å². The van der Waals surface area contributed by atoms with E-state index in [1.165, 1.54) is 11.0 Å². The second-order valence-corrected chi connectivity index (χ2v) is 2.72. The van der Waals surface area contributed by atoms with Crippen molar-refractivity contribution in [2.45, 2.75) is 0 Å². The number of nitrogen functional groups attached to an aromatic ring is 1. The predicted molar refractivity (Wildman–Crippen MR) is 50.5 cm³/mol. The Labute approximate surface area is 80.4 Å². The van der Waals surface area contributed by atoms with E-state index in [4.69, 9.17) is 11.0 Å². The van der Waals surface area contributed by atoms with Gasteiger partial charge in [0.25, 0.3) is 5.82 Å². The van der Waals surface area contributed by atoms with Gasteiger partial charge in [0, 0.05) is 5.69 Å². The van der Waals surface area contributed by atoms with Crippen molar-refractivity contribution in [3.8, 4) is 11.8 Å². The number of rotatable bonds is 1. The molecular formula is C9H7N5. The number of hydrogen-bond donors (Lipinski definition) is 1. The molecule has 0 saturated heterocycles. The van der Waals surface area contributed by atoms with Crippen LogP contribution in [-0.4, -0.2) is 14.8 Å². The predicted octanol–water partition coefficient (Wildman–Crippen LogP) is 0.721. The molecule has 2 aromatic rings. The summed E-state index contributed by atoms with van der Waals surface area (Å²) in [7, 11) is 0. The van der Waals surface area contributed by atoms with Crippen molar-refractivity contribution in [1.82, 2.24) is 14.8 Å². The number of nitrogens with two attached hydrogens (primary N) is 1. The smallest absolute Gasteiger partial charge is 0.252 e. The van der Waals surface area contributed by atoms with E-state index in [9.17, 15) is 0 Å². The fourth-order valence-corrected chi connectivity index (χ4v) is 1.07. The topological polar surface area (TPSA) is 80.5 Å². The van der Waals surface area contributed by atoms with E-state index < -0.39 is 0 Å². The van der Waals surface area contributed by atoms with Gasteiger partial charge in [-0.25, -0.2) is 9.67 Å². The molecule has 0 aliphatic rings. The van der Waals surface area contributed by atoms with Gasteiger partial charge in [0.15, 0.2) is 0 Å². The maximum atomic E-state index is 8.53. The highest BCUT2D eigenvalue weighted by Gasteiger charge is 2.00. The number of nitrogens with zero attached hydrogens (tertiary/aromatic N) is 4. The van der Waals surface area contributed by atoms with E-state index in [-0.39, 0.29) is 5.82 Å². The summed E-state index contributed by atoms with van der Waals surface area (Å²) < 4.78 is 1.53. The largest absolute Gasteiger partial charge is 0.399 e. The summed E-state index contributed by atoms with van der Waals surface area (Å²) in [6, 6.07) is 9.02. The first-order valence-electron chi connectivity index (χ1n) is 3.97. The van der Waals surface area contributed by atoms with E-state index in [0.717, 1.165) is 5.69 Å². The molecule has 0 radical (unpaired) electrons. The molecule has 0 amide bonds. The molecule has 2 rings (SSSR count). The molecule has 0 aliphatic carbocycles. The number of anilines is 1. The molecule has 5 heteroatoms. The fourth-order valence-electron chi connectivity index (χ4n) is 1.07. The first kappa shape index (κ1) is 8.26. The van der Waals surface area contributed by atoms with E-state index >= 15 is 0 Å². The van der Waals surface area contributed by atoms with Crippen LogP contribution in [0, 0.1) is 11.3 Å². The van der Waals surface area contributed by atoms with Crippen LogP contribution in [0.4, 0.5) is 5.69 Å². The van der Waals surface area contributed by atoms with Crippen molar-refractivity contribution in [3.05, 3.63) is 36.4 Å². The Hall–Kier alpha value is -2.35. The van der Waals surface area contributed by atoms with Crippen LogP contribution in [0.1, 0.15) is 5.82 Å². The van der Waals surface area contributed by atoms with Crippen molar-refractivity contribution >= 4 is 5.69 Å². The zero-order valence-corrected chi connectivity index (χ0v) is 7.25. The Balaban J connectivity index is 2.40. The third kappa shape index (κ3) is 1.41. The summed E-state index contributed by atoms with van der Waals surface area (Å²) in [5, 5.41) is 12.5. The fraction of sp³-hybridized carbons (Fsp3) is 0.